The number of hydrogen-bond acceptors (Lipinski definition) is 2. The SMILES string of the molecule is Cc1ccc(C(=O)N2CCCC(=O)C2)cc1C. The largest absolute Gasteiger partial charge is 0.331 e. The summed E-state index contributed by atoms with van der Waals surface area (Å²) in [6.45, 7) is 4.98. The van der Waals surface area contributed by atoms with Gasteiger partial charge in [-0.25, -0.2) is 0 Å². The van der Waals surface area contributed by atoms with Gasteiger partial charge >= 0.3 is 0 Å². The fourth-order valence-electron chi connectivity index (χ4n) is 2.07. The standard InChI is InChI=1S/C14H17NO2/c1-10-5-6-12(8-11(10)2)14(17)15-7-3-4-13(16)9-15/h5-6,8H,3-4,7,9H2,1-2H3. The summed E-state index contributed by atoms with van der Waals surface area (Å²) >= 11 is 0. The second kappa shape index (κ2) is 4.70. The van der Waals surface area contributed by atoms with Crippen molar-refractivity contribution in [2.45, 2.75) is 26.7 Å². The van der Waals surface area contributed by atoms with Crippen LogP contribution in [0.5, 0.6) is 0 Å². The number of rotatable bonds is 1. The van der Waals surface area contributed by atoms with E-state index in [2.05, 4.69) is 0 Å². The number of carbonyl (C=O) groups excluding carboxylic acids is 2. The van der Waals surface area contributed by atoms with Crippen molar-refractivity contribution >= 4 is 11.7 Å². The minimum absolute atomic E-state index is 0.0267. The molecule has 1 aliphatic rings. The Morgan fingerprint density at radius 3 is 2.65 bits per heavy atom. The van der Waals surface area contributed by atoms with E-state index in [1.807, 2.05) is 32.0 Å². The summed E-state index contributed by atoms with van der Waals surface area (Å²) in [7, 11) is 0. The number of benzene rings is 1. The predicted octanol–water partition coefficient (Wildman–Crippen LogP) is 2.11. The fraction of sp³-hybridized carbons (Fsp3) is 0.429. The lowest BCUT2D eigenvalue weighted by molar-refractivity contribution is -0.121. The number of piperidine rings is 1. The zero-order chi connectivity index (χ0) is 12.4. The molecule has 3 heteroatoms. The van der Waals surface area contributed by atoms with Crippen LogP contribution in [0.25, 0.3) is 0 Å². The van der Waals surface area contributed by atoms with Crippen molar-refractivity contribution < 1.29 is 9.59 Å². The average molecular weight is 231 g/mol. The van der Waals surface area contributed by atoms with E-state index >= 15 is 0 Å². The van der Waals surface area contributed by atoms with Crippen molar-refractivity contribution in [1.82, 2.24) is 4.90 Å². The van der Waals surface area contributed by atoms with Crippen molar-refractivity contribution in [2.24, 2.45) is 0 Å². The van der Waals surface area contributed by atoms with Crippen molar-refractivity contribution in [3.05, 3.63) is 34.9 Å². The monoisotopic (exact) mass is 231 g/mol. The van der Waals surface area contributed by atoms with E-state index in [-0.39, 0.29) is 18.2 Å². The maximum absolute atomic E-state index is 12.2. The van der Waals surface area contributed by atoms with Crippen molar-refractivity contribution in [3.63, 3.8) is 0 Å². The Balaban J connectivity index is 2.18. The third-order valence-electron chi connectivity index (χ3n) is 3.29. The van der Waals surface area contributed by atoms with Crippen LogP contribution < -0.4 is 0 Å². The Hall–Kier alpha value is -1.64. The molecule has 0 radical (unpaired) electrons. The van der Waals surface area contributed by atoms with Crippen LogP contribution in [0.4, 0.5) is 0 Å². The molecule has 1 saturated heterocycles. The van der Waals surface area contributed by atoms with Gasteiger partial charge in [0, 0.05) is 18.5 Å². The second-order valence-corrected chi connectivity index (χ2v) is 4.67. The van der Waals surface area contributed by atoms with E-state index in [0.717, 1.165) is 12.0 Å². The molecule has 90 valence electrons. The van der Waals surface area contributed by atoms with Crippen LogP contribution in [-0.4, -0.2) is 29.7 Å². The van der Waals surface area contributed by atoms with E-state index in [4.69, 9.17) is 0 Å². The lowest BCUT2D eigenvalue weighted by Crippen LogP contribution is -2.40. The number of ketones is 1. The summed E-state index contributed by atoms with van der Waals surface area (Å²) in [4.78, 5) is 25.2. The molecule has 0 atom stereocenters. The van der Waals surface area contributed by atoms with Crippen LogP contribution in [0, 0.1) is 13.8 Å². The first-order valence-electron chi connectivity index (χ1n) is 5.96. The summed E-state index contributed by atoms with van der Waals surface area (Å²) in [5.74, 6) is 0.134. The second-order valence-electron chi connectivity index (χ2n) is 4.67. The molecule has 0 unspecified atom stereocenters. The van der Waals surface area contributed by atoms with E-state index in [1.54, 1.807) is 4.90 Å². The third-order valence-corrected chi connectivity index (χ3v) is 3.29. The van der Waals surface area contributed by atoms with Gasteiger partial charge in [0.25, 0.3) is 5.91 Å². The molecule has 1 fully saturated rings. The van der Waals surface area contributed by atoms with Crippen LogP contribution in [0.3, 0.4) is 0 Å². The van der Waals surface area contributed by atoms with Crippen LogP contribution >= 0.6 is 0 Å². The molecular weight excluding hydrogens is 214 g/mol. The van der Waals surface area contributed by atoms with E-state index in [1.165, 1.54) is 5.56 Å². The average Bonchev–Trinajstić information content (AvgIpc) is 2.32. The predicted molar refractivity (Wildman–Crippen MR) is 66.1 cm³/mol. The lowest BCUT2D eigenvalue weighted by atomic mass is 10.0. The number of amides is 1. The Morgan fingerprint density at radius 1 is 1.24 bits per heavy atom. The minimum atomic E-state index is -0.0267. The highest BCUT2D eigenvalue weighted by molar-refractivity contribution is 5.97. The van der Waals surface area contributed by atoms with E-state index in [9.17, 15) is 9.59 Å². The number of carbonyl (C=O) groups is 2. The van der Waals surface area contributed by atoms with Gasteiger partial charge in [-0.05, 0) is 43.5 Å². The van der Waals surface area contributed by atoms with Gasteiger partial charge in [-0.1, -0.05) is 6.07 Å². The first-order chi connectivity index (χ1) is 8.08. The Morgan fingerprint density at radius 2 is 2.00 bits per heavy atom. The van der Waals surface area contributed by atoms with Gasteiger partial charge in [-0.15, -0.1) is 0 Å². The van der Waals surface area contributed by atoms with Gasteiger partial charge in [-0.3, -0.25) is 9.59 Å². The van der Waals surface area contributed by atoms with Crippen LogP contribution in [0.15, 0.2) is 18.2 Å². The molecule has 1 aliphatic heterocycles. The molecule has 2 rings (SSSR count). The molecule has 0 saturated carbocycles. The highest BCUT2D eigenvalue weighted by Crippen LogP contribution is 2.14. The molecule has 3 nitrogen and oxygen atoms in total. The number of Topliss-reactive ketones (excluding diaryl/α,β-unsaturated/α-hetero) is 1. The maximum Gasteiger partial charge on any atom is 0.254 e. The molecule has 1 aromatic carbocycles. The number of hydrogen-bond donors (Lipinski definition) is 0. The van der Waals surface area contributed by atoms with Crippen LogP contribution in [-0.2, 0) is 4.79 Å². The quantitative estimate of drug-likeness (QED) is 0.742. The van der Waals surface area contributed by atoms with Crippen molar-refractivity contribution in [3.8, 4) is 0 Å². The first kappa shape index (κ1) is 11.8. The van der Waals surface area contributed by atoms with Crippen molar-refractivity contribution in [1.29, 1.82) is 0 Å². The molecule has 1 heterocycles. The first-order valence-corrected chi connectivity index (χ1v) is 5.96. The van der Waals surface area contributed by atoms with Gasteiger partial charge in [0.05, 0.1) is 6.54 Å². The molecule has 1 amide bonds. The van der Waals surface area contributed by atoms with Crippen molar-refractivity contribution in [2.75, 3.05) is 13.1 Å². The summed E-state index contributed by atoms with van der Waals surface area (Å²) in [6, 6.07) is 5.69. The highest BCUT2D eigenvalue weighted by atomic mass is 16.2. The number of nitrogens with zero attached hydrogens (tertiary/aromatic N) is 1. The van der Waals surface area contributed by atoms with Crippen LogP contribution in [0.1, 0.15) is 34.3 Å². The molecule has 0 spiro atoms. The molecule has 0 aliphatic carbocycles. The molecule has 0 bridgehead atoms. The maximum atomic E-state index is 12.2. The molecule has 17 heavy (non-hydrogen) atoms. The summed E-state index contributed by atoms with van der Waals surface area (Å²) < 4.78 is 0. The van der Waals surface area contributed by atoms with Crippen LogP contribution in [0.2, 0.25) is 0 Å². The van der Waals surface area contributed by atoms with E-state index in [0.29, 0.717) is 18.5 Å². The smallest absolute Gasteiger partial charge is 0.254 e. The third kappa shape index (κ3) is 2.54. The van der Waals surface area contributed by atoms with Gasteiger partial charge in [0.15, 0.2) is 5.78 Å². The Kier molecular flexibility index (Phi) is 3.27. The zero-order valence-corrected chi connectivity index (χ0v) is 10.3. The molecule has 0 aromatic heterocycles. The van der Waals surface area contributed by atoms with Gasteiger partial charge in [0.2, 0.25) is 0 Å². The minimum Gasteiger partial charge on any atom is -0.331 e. The summed E-state index contributed by atoms with van der Waals surface area (Å²) in [6.07, 6.45) is 1.39. The molecule has 0 N–H and O–H groups in total. The van der Waals surface area contributed by atoms with Gasteiger partial charge in [-0.2, -0.15) is 0 Å². The number of likely N-dealkylation sites (tertiary alicyclic amines) is 1. The van der Waals surface area contributed by atoms with E-state index < -0.39 is 0 Å². The van der Waals surface area contributed by atoms with Gasteiger partial charge in [0.1, 0.15) is 0 Å². The Labute approximate surface area is 101 Å². The zero-order valence-electron chi connectivity index (χ0n) is 10.3. The molecule has 1 aromatic rings. The summed E-state index contributed by atoms with van der Waals surface area (Å²) in [5.41, 5.74) is 2.97. The fourth-order valence-corrected chi connectivity index (χ4v) is 2.07. The highest BCUT2D eigenvalue weighted by Gasteiger charge is 2.22. The summed E-state index contributed by atoms with van der Waals surface area (Å²) in [5, 5.41) is 0. The topological polar surface area (TPSA) is 37.4 Å². The Bertz CT molecular complexity index is 465. The lowest BCUT2D eigenvalue weighted by Gasteiger charge is -2.26. The number of aryl methyl sites for hydroxylation is 2. The van der Waals surface area contributed by atoms with Gasteiger partial charge < -0.3 is 4.90 Å². The molecular formula is C14H17NO2. The normalized spacial score (nSPS) is 16.1.